The summed E-state index contributed by atoms with van der Waals surface area (Å²) in [5.41, 5.74) is 8.65. The van der Waals surface area contributed by atoms with Crippen molar-refractivity contribution >= 4 is 22.2 Å². The number of hydrogen-bond acceptors (Lipinski definition) is 4. The Bertz CT molecular complexity index is 1520. The molecule has 34 heavy (non-hydrogen) atoms. The second kappa shape index (κ2) is 7.16. The third-order valence-electron chi connectivity index (χ3n) is 8.08. The topological polar surface area (TPSA) is 51.3 Å². The number of rotatable bonds is 2. The molecule has 2 aliphatic rings. The summed E-state index contributed by atoms with van der Waals surface area (Å²) in [4.78, 5) is 12.3. The molecule has 1 spiro atoms. The molecule has 0 bridgehead atoms. The molecule has 1 aliphatic heterocycles. The number of hydrogen-bond donors (Lipinski definition) is 0. The molecule has 6 nitrogen and oxygen atoms in total. The molecule has 1 aliphatic carbocycles. The van der Waals surface area contributed by atoms with Crippen LogP contribution in [0.5, 0.6) is 0 Å². The first-order chi connectivity index (χ1) is 16.6. The monoisotopic (exact) mass is 448 g/mol. The number of fused-ring (bicyclic) bond motifs is 3. The Kier molecular flexibility index (Phi) is 4.16. The Morgan fingerprint density at radius 1 is 0.941 bits per heavy atom. The van der Waals surface area contributed by atoms with E-state index in [0.29, 0.717) is 5.41 Å². The van der Waals surface area contributed by atoms with Gasteiger partial charge in [-0.3, -0.25) is 4.98 Å². The molecule has 1 aromatic carbocycles. The Morgan fingerprint density at radius 2 is 1.82 bits per heavy atom. The summed E-state index contributed by atoms with van der Waals surface area (Å²) >= 11 is 0. The van der Waals surface area contributed by atoms with Gasteiger partial charge in [0.25, 0.3) is 0 Å². The van der Waals surface area contributed by atoms with Gasteiger partial charge in [-0.05, 0) is 73.2 Å². The Labute approximate surface area is 198 Å². The van der Waals surface area contributed by atoms with Gasteiger partial charge in [-0.1, -0.05) is 18.2 Å². The van der Waals surface area contributed by atoms with E-state index in [2.05, 4.69) is 81.6 Å². The van der Waals surface area contributed by atoms with Crippen LogP contribution in [0, 0.1) is 12.3 Å². The summed E-state index contributed by atoms with van der Waals surface area (Å²) in [6.45, 7) is 4.16. The predicted octanol–water partition coefficient (Wildman–Crippen LogP) is 4.98. The average Bonchev–Trinajstić information content (AvgIpc) is 3.56. The van der Waals surface area contributed by atoms with Crippen molar-refractivity contribution in [2.24, 2.45) is 12.5 Å². The minimum absolute atomic E-state index is 0.364. The highest BCUT2D eigenvalue weighted by Gasteiger charge is 2.41. The van der Waals surface area contributed by atoms with Gasteiger partial charge in [-0.25, -0.2) is 9.50 Å². The lowest BCUT2D eigenvalue weighted by molar-refractivity contribution is 0.231. The maximum atomic E-state index is 5.16. The molecule has 7 rings (SSSR count). The molecular formula is C28H28N6. The van der Waals surface area contributed by atoms with Gasteiger partial charge in [0.1, 0.15) is 5.52 Å². The summed E-state index contributed by atoms with van der Waals surface area (Å²) in [6, 6.07) is 15.2. The minimum atomic E-state index is 0.364. The first kappa shape index (κ1) is 19.8. The Morgan fingerprint density at radius 3 is 2.68 bits per heavy atom. The van der Waals surface area contributed by atoms with Gasteiger partial charge in [0.15, 0.2) is 5.82 Å². The molecule has 4 aromatic heterocycles. The summed E-state index contributed by atoms with van der Waals surface area (Å²) in [5, 5.41) is 5.98. The third-order valence-corrected chi connectivity index (χ3v) is 8.08. The number of aromatic nitrogens is 5. The van der Waals surface area contributed by atoms with Crippen LogP contribution in [-0.4, -0.2) is 37.2 Å². The first-order valence-corrected chi connectivity index (χ1v) is 12.2. The van der Waals surface area contributed by atoms with Crippen LogP contribution in [0.3, 0.4) is 0 Å². The Balaban J connectivity index is 1.23. The second-order valence-corrected chi connectivity index (χ2v) is 10.1. The van der Waals surface area contributed by atoms with E-state index < -0.39 is 0 Å². The quantitative estimate of drug-likeness (QED) is 0.382. The van der Waals surface area contributed by atoms with Crippen molar-refractivity contribution in [1.82, 2.24) is 24.1 Å². The number of anilines is 1. The number of pyridine rings is 1. The molecule has 170 valence electrons. The van der Waals surface area contributed by atoms with E-state index in [1.54, 1.807) is 0 Å². The van der Waals surface area contributed by atoms with E-state index in [1.165, 1.54) is 41.4 Å². The normalized spacial score (nSPS) is 17.2. The number of aryl methyl sites for hydroxylation is 2. The molecule has 0 amide bonds. The van der Waals surface area contributed by atoms with Crippen LogP contribution in [0.25, 0.3) is 27.7 Å². The lowest BCUT2D eigenvalue weighted by atomic mass is 9.76. The zero-order valence-electron chi connectivity index (χ0n) is 19.7. The van der Waals surface area contributed by atoms with Crippen LogP contribution in [0.2, 0.25) is 0 Å². The molecule has 0 radical (unpaired) electrons. The molecule has 1 fully saturated rings. The van der Waals surface area contributed by atoms with Gasteiger partial charge in [0.05, 0.1) is 17.6 Å². The maximum absolute atomic E-state index is 5.16. The van der Waals surface area contributed by atoms with Crippen LogP contribution in [0.1, 0.15) is 29.8 Å². The van der Waals surface area contributed by atoms with Crippen LogP contribution in [0.4, 0.5) is 5.82 Å². The van der Waals surface area contributed by atoms with Gasteiger partial charge < -0.3 is 9.47 Å². The van der Waals surface area contributed by atoms with Crippen molar-refractivity contribution in [2.75, 3.05) is 18.0 Å². The lowest BCUT2D eigenvalue weighted by Crippen LogP contribution is -2.41. The van der Waals surface area contributed by atoms with E-state index in [4.69, 9.17) is 10.1 Å². The lowest BCUT2D eigenvalue weighted by Gasteiger charge is -2.40. The SMILES string of the molecule is Cc1nc(N2CCC3(CC2)Cc2cccnc2C3)c2ccnn2c1-c1ccc2ccn(C)c2c1. The fraction of sp³-hybridized carbons (Fsp3) is 0.321. The molecule has 0 N–H and O–H groups in total. The van der Waals surface area contributed by atoms with E-state index in [9.17, 15) is 0 Å². The van der Waals surface area contributed by atoms with Crippen molar-refractivity contribution in [1.29, 1.82) is 0 Å². The summed E-state index contributed by atoms with van der Waals surface area (Å²) in [5.74, 6) is 1.06. The van der Waals surface area contributed by atoms with Crippen molar-refractivity contribution in [2.45, 2.75) is 32.6 Å². The van der Waals surface area contributed by atoms with Crippen molar-refractivity contribution < 1.29 is 0 Å². The van der Waals surface area contributed by atoms with E-state index in [0.717, 1.165) is 47.8 Å². The maximum Gasteiger partial charge on any atom is 0.155 e. The fourth-order valence-corrected chi connectivity index (χ4v) is 6.21. The van der Waals surface area contributed by atoms with Crippen LogP contribution in [-0.2, 0) is 19.9 Å². The molecule has 1 saturated heterocycles. The molecule has 5 heterocycles. The average molecular weight is 449 g/mol. The van der Waals surface area contributed by atoms with E-state index in [-0.39, 0.29) is 0 Å². The van der Waals surface area contributed by atoms with Gasteiger partial charge in [-0.2, -0.15) is 5.10 Å². The van der Waals surface area contributed by atoms with Crippen LogP contribution in [0.15, 0.2) is 61.1 Å². The van der Waals surface area contributed by atoms with E-state index >= 15 is 0 Å². The highest BCUT2D eigenvalue weighted by Crippen LogP contribution is 2.45. The van der Waals surface area contributed by atoms with Gasteiger partial charge in [0, 0.05) is 49.3 Å². The summed E-state index contributed by atoms with van der Waals surface area (Å²) < 4.78 is 4.25. The fourth-order valence-electron chi connectivity index (χ4n) is 6.21. The van der Waals surface area contributed by atoms with Crippen LogP contribution < -0.4 is 4.90 Å². The van der Waals surface area contributed by atoms with Gasteiger partial charge >= 0.3 is 0 Å². The zero-order chi connectivity index (χ0) is 22.9. The highest BCUT2D eigenvalue weighted by molar-refractivity contribution is 5.86. The smallest absolute Gasteiger partial charge is 0.155 e. The molecule has 0 saturated carbocycles. The number of piperidine rings is 1. The molecule has 6 heteroatoms. The molecular weight excluding hydrogens is 420 g/mol. The summed E-state index contributed by atoms with van der Waals surface area (Å²) in [6.07, 6.45) is 10.6. The van der Waals surface area contributed by atoms with Crippen molar-refractivity contribution in [3.05, 3.63) is 78.0 Å². The van der Waals surface area contributed by atoms with Crippen molar-refractivity contribution in [3.63, 3.8) is 0 Å². The predicted molar refractivity (Wildman–Crippen MR) is 135 cm³/mol. The number of benzene rings is 1. The standard InChI is InChI=1S/C28H28N6/c1-19-26(21-6-5-20-8-13-32(2)25(20)16-21)34-24(7-12-30-34)27(31-19)33-14-9-28(10-15-33)17-22-4-3-11-29-23(22)18-28/h3-8,11-13,16H,9-10,14-15,17-18H2,1-2H3. The van der Waals surface area contributed by atoms with Crippen LogP contribution >= 0.6 is 0 Å². The van der Waals surface area contributed by atoms with E-state index in [1.807, 2.05) is 12.4 Å². The Hall–Kier alpha value is -3.67. The molecule has 5 aromatic rings. The molecule has 0 atom stereocenters. The van der Waals surface area contributed by atoms with Gasteiger partial charge in [-0.15, -0.1) is 0 Å². The minimum Gasteiger partial charge on any atom is -0.355 e. The zero-order valence-corrected chi connectivity index (χ0v) is 19.7. The highest BCUT2D eigenvalue weighted by atomic mass is 15.3. The van der Waals surface area contributed by atoms with Gasteiger partial charge in [0.2, 0.25) is 0 Å². The largest absolute Gasteiger partial charge is 0.355 e. The first-order valence-electron chi connectivity index (χ1n) is 12.2. The molecule has 0 unspecified atom stereocenters. The summed E-state index contributed by atoms with van der Waals surface area (Å²) in [7, 11) is 2.09. The third kappa shape index (κ3) is 2.91. The number of nitrogens with zero attached hydrogens (tertiary/aromatic N) is 6. The second-order valence-electron chi connectivity index (χ2n) is 10.1. The van der Waals surface area contributed by atoms with Crippen molar-refractivity contribution in [3.8, 4) is 11.3 Å².